The lowest BCUT2D eigenvalue weighted by atomic mass is 10.1. The van der Waals surface area contributed by atoms with Gasteiger partial charge >= 0.3 is 0 Å². The van der Waals surface area contributed by atoms with E-state index < -0.39 is 0 Å². The number of likely N-dealkylation sites (N-methyl/N-ethyl adjacent to an activating group) is 1. The van der Waals surface area contributed by atoms with Crippen molar-refractivity contribution in [1.82, 2.24) is 4.90 Å². The molecule has 0 aromatic heterocycles. The molecule has 0 saturated carbocycles. The van der Waals surface area contributed by atoms with Gasteiger partial charge in [0.15, 0.2) is 0 Å². The fourth-order valence-electron chi connectivity index (χ4n) is 2.77. The quantitative estimate of drug-likeness (QED) is 0.883. The summed E-state index contributed by atoms with van der Waals surface area (Å²) in [5.41, 5.74) is 2.79. The molecule has 1 atom stereocenters. The number of nitrogens with one attached hydrogen (secondary N) is 2. The highest BCUT2D eigenvalue weighted by atomic mass is 16.5. The smallest absolute Gasteiger partial charge is 0.253 e. The van der Waals surface area contributed by atoms with Crippen molar-refractivity contribution in [1.29, 1.82) is 0 Å². The number of hydrogen-bond acceptors (Lipinski definition) is 4. The third kappa shape index (κ3) is 2.72. The molecule has 0 spiro atoms. The third-order valence-electron chi connectivity index (χ3n) is 3.87. The number of benzene rings is 1. The lowest BCUT2D eigenvalue weighted by Gasteiger charge is -2.23. The van der Waals surface area contributed by atoms with E-state index in [-0.39, 0.29) is 12.0 Å². The number of fused-ring (bicyclic) bond motifs is 1. The van der Waals surface area contributed by atoms with Crippen LogP contribution in [0.25, 0.3) is 0 Å². The summed E-state index contributed by atoms with van der Waals surface area (Å²) in [6, 6.07) is 5.78. The van der Waals surface area contributed by atoms with Gasteiger partial charge in [-0.05, 0) is 31.0 Å². The van der Waals surface area contributed by atoms with Crippen LogP contribution >= 0.6 is 0 Å². The molecule has 1 aromatic rings. The van der Waals surface area contributed by atoms with Gasteiger partial charge < -0.3 is 20.3 Å². The molecule has 0 radical (unpaired) electrons. The van der Waals surface area contributed by atoms with Crippen LogP contribution in [0.4, 0.5) is 11.4 Å². The Morgan fingerprint density at radius 2 is 2.15 bits per heavy atom. The van der Waals surface area contributed by atoms with Crippen molar-refractivity contribution < 1.29 is 9.53 Å². The van der Waals surface area contributed by atoms with Crippen LogP contribution in [-0.2, 0) is 4.74 Å². The Morgan fingerprint density at radius 3 is 2.90 bits per heavy atom. The van der Waals surface area contributed by atoms with Crippen molar-refractivity contribution in [2.24, 2.45) is 0 Å². The van der Waals surface area contributed by atoms with E-state index in [1.165, 1.54) is 0 Å². The van der Waals surface area contributed by atoms with Crippen LogP contribution in [-0.4, -0.2) is 50.2 Å². The van der Waals surface area contributed by atoms with E-state index in [0.29, 0.717) is 6.54 Å². The molecule has 1 amide bonds. The minimum absolute atomic E-state index is 0.0515. The third-order valence-corrected chi connectivity index (χ3v) is 3.87. The summed E-state index contributed by atoms with van der Waals surface area (Å²) in [5.74, 6) is 0.0515. The fourth-order valence-corrected chi connectivity index (χ4v) is 2.77. The van der Waals surface area contributed by atoms with Crippen LogP contribution < -0.4 is 10.6 Å². The van der Waals surface area contributed by atoms with Crippen molar-refractivity contribution in [3.05, 3.63) is 23.8 Å². The molecule has 0 bridgehead atoms. The highest BCUT2D eigenvalue weighted by molar-refractivity contribution is 5.96. The molecule has 5 heteroatoms. The van der Waals surface area contributed by atoms with Gasteiger partial charge in [-0.15, -0.1) is 0 Å². The molecule has 2 heterocycles. The summed E-state index contributed by atoms with van der Waals surface area (Å²) < 4.78 is 5.58. The topological polar surface area (TPSA) is 53.6 Å². The van der Waals surface area contributed by atoms with E-state index in [4.69, 9.17) is 4.74 Å². The molecule has 2 aliphatic rings. The molecule has 2 aliphatic heterocycles. The highest BCUT2D eigenvalue weighted by Gasteiger charge is 2.21. The summed E-state index contributed by atoms with van der Waals surface area (Å²) in [6.07, 6.45) is 2.34. The van der Waals surface area contributed by atoms with E-state index in [0.717, 1.165) is 49.5 Å². The maximum atomic E-state index is 12.4. The number of nitrogens with zero attached hydrogens (tertiary/aromatic N) is 1. The van der Waals surface area contributed by atoms with Crippen molar-refractivity contribution >= 4 is 17.3 Å². The van der Waals surface area contributed by atoms with Gasteiger partial charge in [0.2, 0.25) is 0 Å². The van der Waals surface area contributed by atoms with Crippen LogP contribution in [0.2, 0.25) is 0 Å². The van der Waals surface area contributed by atoms with E-state index in [9.17, 15) is 4.79 Å². The Morgan fingerprint density at radius 1 is 1.35 bits per heavy atom. The van der Waals surface area contributed by atoms with Gasteiger partial charge in [0, 0.05) is 38.9 Å². The fraction of sp³-hybridized carbons (Fsp3) is 0.533. The zero-order valence-electron chi connectivity index (χ0n) is 11.8. The van der Waals surface area contributed by atoms with Crippen LogP contribution in [0.3, 0.4) is 0 Å². The standard InChI is InChI=1S/C15H21N3O2/c1-18(10-12-3-2-8-20-12)15(19)11-4-5-13-14(9-11)17-7-6-16-13/h4-5,9,12,16-17H,2-3,6-8,10H2,1H3. The maximum absolute atomic E-state index is 12.4. The Balaban J connectivity index is 1.69. The first-order valence-corrected chi connectivity index (χ1v) is 7.23. The lowest BCUT2D eigenvalue weighted by molar-refractivity contribution is 0.0587. The number of rotatable bonds is 3. The van der Waals surface area contributed by atoms with E-state index in [1.807, 2.05) is 25.2 Å². The van der Waals surface area contributed by atoms with Crippen molar-refractivity contribution in [2.45, 2.75) is 18.9 Å². The number of ether oxygens (including phenoxy) is 1. The molecule has 5 nitrogen and oxygen atoms in total. The summed E-state index contributed by atoms with van der Waals surface area (Å²) in [4.78, 5) is 14.2. The van der Waals surface area contributed by atoms with Crippen LogP contribution in [0, 0.1) is 0 Å². The molecule has 3 rings (SSSR count). The largest absolute Gasteiger partial charge is 0.382 e. The lowest BCUT2D eigenvalue weighted by Crippen LogP contribution is -2.34. The minimum atomic E-state index is 0.0515. The zero-order chi connectivity index (χ0) is 13.9. The number of hydrogen-bond donors (Lipinski definition) is 2. The average Bonchev–Trinajstić information content (AvgIpc) is 2.99. The second-order valence-electron chi connectivity index (χ2n) is 5.43. The predicted octanol–water partition coefficient (Wildman–Crippen LogP) is 1.77. The monoisotopic (exact) mass is 275 g/mol. The number of amides is 1. The zero-order valence-corrected chi connectivity index (χ0v) is 11.8. The number of carbonyl (C=O) groups excluding carboxylic acids is 1. The van der Waals surface area contributed by atoms with Gasteiger partial charge in [0.25, 0.3) is 5.91 Å². The van der Waals surface area contributed by atoms with Gasteiger partial charge in [0.1, 0.15) is 0 Å². The van der Waals surface area contributed by atoms with Crippen LogP contribution in [0.5, 0.6) is 0 Å². The normalized spacial score (nSPS) is 20.8. The Hall–Kier alpha value is -1.75. The first-order valence-electron chi connectivity index (χ1n) is 7.23. The number of anilines is 2. The summed E-state index contributed by atoms with van der Waals surface area (Å²) in [5, 5.41) is 6.62. The van der Waals surface area contributed by atoms with Crippen molar-refractivity contribution in [3.63, 3.8) is 0 Å². The van der Waals surface area contributed by atoms with Gasteiger partial charge in [-0.1, -0.05) is 0 Å². The summed E-state index contributed by atoms with van der Waals surface area (Å²) in [6.45, 7) is 3.29. The van der Waals surface area contributed by atoms with Crippen LogP contribution in [0.15, 0.2) is 18.2 Å². The number of carbonyl (C=O) groups is 1. The molecule has 1 saturated heterocycles. The van der Waals surface area contributed by atoms with Gasteiger partial charge in [0.05, 0.1) is 17.5 Å². The Labute approximate surface area is 119 Å². The Kier molecular flexibility index (Phi) is 3.78. The molecule has 108 valence electrons. The van der Waals surface area contributed by atoms with E-state index in [1.54, 1.807) is 4.90 Å². The second kappa shape index (κ2) is 5.71. The summed E-state index contributed by atoms with van der Waals surface area (Å²) in [7, 11) is 1.84. The van der Waals surface area contributed by atoms with Crippen LogP contribution in [0.1, 0.15) is 23.2 Å². The molecule has 1 aromatic carbocycles. The van der Waals surface area contributed by atoms with Gasteiger partial charge in [-0.25, -0.2) is 0 Å². The summed E-state index contributed by atoms with van der Waals surface area (Å²) >= 11 is 0. The van der Waals surface area contributed by atoms with Crippen molar-refractivity contribution in [2.75, 3.05) is 43.9 Å². The predicted molar refractivity (Wildman–Crippen MR) is 79.4 cm³/mol. The molecular weight excluding hydrogens is 254 g/mol. The van der Waals surface area contributed by atoms with Crippen molar-refractivity contribution in [3.8, 4) is 0 Å². The molecule has 1 unspecified atom stereocenters. The first kappa shape index (κ1) is 13.2. The second-order valence-corrected chi connectivity index (χ2v) is 5.43. The molecule has 0 aliphatic carbocycles. The molecular formula is C15H21N3O2. The molecule has 2 N–H and O–H groups in total. The SMILES string of the molecule is CN(CC1CCCO1)C(=O)c1ccc2c(c1)NCCN2. The first-order chi connectivity index (χ1) is 9.74. The average molecular weight is 275 g/mol. The Bertz CT molecular complexity index is 498. The molecule has 1 fully saturated rings. The minimum Gasteiger partial charge on any atom is -0.382 e. The van der Waals surface area contributed by atoms with Gasteiger partial charge in [-0.2, -0.15) is 0 Å². The van der Waals surface area contributed by atoms with E-state index in [2.05, 4.69) is 10.6 Å². The van der Waals surface area contributed by atoms with Gasteiger partial charge in [-0.3, -0.25) is 4.79 Å². The maximum Gasteiger partial charge on any atom is 0.253 e. The van der Waals surface area contributed by atoms with E-state index >= 15 is 0 Å². The molecule has 20 heavy (non-hydrogen) atoms. The highest BCUT2D eigenvalue weighted by Crippen LogP contribution is 2.26.